The molecule has 0 aromatic heterocycles. The molecule has 0 amide bonds. The predicted octanol–water partition coefficient (Wildman–Crippen LogP) is 3.28. The monoisotopic (exact) mass is 182 g/mol. The quantitative estimate of drug-likeness (QED) is 0.664. The second-order valence-corrected chi connectivity index (χ2v) is 4.77. The summed E-state index contributed by atoms with van der Waals surface area (Å²) in [7, 11) is 0. The van der Waals surface area contributed by atoms with E-state index in [4.69, 9.17) is 0 Å². The molecule has 0 aromatic carbocycles. The zero-order chi connectivity index (χ0) is 9.90. The van der Waals surface area contributed by atoms with Crippen LogP contribution >= 0.6 is 0 Å². The number of hydrogen-bond donors (Lipinski definition) is 1. The maximum atomic E-state index is 10.1. The van der Waals surface area contributed by atoms with Crippen LogP contribution in [0.2, 0.25) is 0 Å². The highest BCUT2D eigenvalue weighted by molar-refractivity contribution is 5.13. The van der Waals surface area contributed by atoms with Gasteiger partial charge in [-0.25, -0.2) is 0 Å². The second-order valence-electron chi connectivity index (χ2n) is 4.77. The molecule has 0 radical (unpaired) electrons. The van der Waals surface area contributed by atoms with Crippen molar-refractivity contribution in [1.82, 2.24) is 0 Å². The summed E-state index contributed by atoms with van der Waals surface area (Å²) < 4.78 is 0. The van der Waals surface area contributed by atoms with Crippen LogP contribution in [0.4, 0.5) is 0 Å². The molecule has 1 rings (SSSR count). The van der Waals surface area contributed by atoms with Gasteiger partial charge in [0.15, 0.2) is 0 Å². The Morgan fingerprint density at radius 3 is 2.62 bits per heavy atom. The van der Waals surface area contributed by atoms with Gasteiger partial charge in [0.25, 0.3) is 0 Å². The molecule has 1 atom stereocenters. The molecule has 13 heavy (non-hydrogen) atoms. The van der Waals surface area contributed by atoms with Crippen molar-refractivity contribution in [2.75, 3.05) is 0 Å². The topological polar surface area (TPSA) is 20.2 Å². The molecule has 0 saturated heterocycles. The van der Waals surface area contributed by atoms with Crippen LogP contribution in [0.3, 0.4) is 0 Å². The molecule has 1 N–H and O–H groups in total. The molecule has 0 heterocycles. The van der Waals surface area contributed by atoms with E-state index < -0.39 is 0 Å². The predicted molar refractivity (Wildman–Crippen MR) is 56.6 cm³/mol. The van der Waals surface area contributed by atoms with Gasteiger partial charge in [0.05, 0.1) is 6.10 Å². The van der Waals surface area contributed by atoms with Crippen molar-refractivity contribution in [3.8, 4) is 0 Å². The third-order valence-corrected chi connectivity index (χ3v) is 3.33. The SMILES string of the molecule is CCC(C)(C)C(O)C1=CCCCC1. The van der Waals surface area contributed by atoms with E-state index in [1.54, 1.807) is 0 Å². The summed E-state index contributed by atoms with van der Waals surface area (Å²) in [4.78, 5) is 0. The molecule has 1 aliphatic carbocycles. The van der Waals surface area contributed by atoms with Crippen molar-refractivity contribution < 1.29 is 5.11 Å². The molecule has 1 heteroatoms. The Bertz CT molecular complexity index is 191. The molecule has 0 spiro atoms. The lowest BCUT2D eigenvalue weighted by Gasteiger charge is -2.32. The van der Waals surface area contributed by atoms with Crippen LogP contribution in [0, 0.1) is 5.41 Å². The van der Waals surface area contributed by atoms with Crippen LogP contribution in [0.5, 0.6) is 0 Å². The van der Waals surface area contributed by atoms with Crippen LogP contribution in [-0.2, 0) is 0 Å². The Kier molecular flexibility index (Phi) is 3.55. The zero-order valence-corrected chi connectivity index (χ0v) is 9.14. The van der Waals surface area contributed by atoms with Crippen LogP contribution in [-0.4, -0.2) is 11.2 Å². The third kappa shape index (κ3) is 2.57. The highest BCUT2D eigenvalue weighted by atomic mass is 16.3. The molecule has 0 bridgehead atoms. The lowest BCUT2D eigenvalue weighted by atomic mass is 9.77. The van der Waals surface area contributed by atoms with Crippen molar-refractivity contribution in [1.29, 1.82) is 0 Å². The fourth-order valence-electron chi connectivity index (χ4n) is 1.81. The molecular formula is C12H22O. The van der Waals surface area contributed by atoms with E-state index in [9.17, 15) is 5.11 Å². The molecule has 0 fully saturated rings. The van der Waals surface area contributed by atoms with Crippen LogP contribution in [0.15, 0.2) is 11.6 Å². The van der Waals surface area contributed by atoms with Crippen LogP contribution in [0.1, 0.15) is 52.9 Å². The average molecular weight is 182 g/mol. The van der Waals surface area contributed by atoms with Gasteiger partial charge in [-0.15, -0.1) is 0 Å². The Morgan fingerprint density at radius 1 is 1.46 bits per heavy atom. The highest BCUT2D eigenvalue weighted by Gasteiger charge is 2.28. The lowest BCUT2D eigenvalue weighted by Crippen LogP contribution is -2.31. The van der Waals surface area contributed by atoms with Crippen molar-refractivity contribution >= 4 is 0 Å². The Hall–Kier alpha value is -0.300. The first-order valence-electron chi connectivity index (χ1n) is 5.45. The van der Waals surface area contributed by atoms with E-state index in [0.717, 1.165) is 19.3 Å². The van der Waals surface area contributed by atoms with Gasteiger partial charge in [-0.05, 0) is 43.1 Å². The fraction of sp³-hybridized carbons (Fsp3) is 0.833. The van der Waals surface area contributed by atoms with Gasteiger partial charge < -0.3 is 5.11 Å². The zero-order valence-electron chi connectivity index (χ0n) is 9.14. The average Bonchev–Trinajstić information content (AvgIpc) is 2.18. The minimum Gasteiger partial charge on any atom is -0.388 e. The molecule has 1 aliphatic rings. The van der Waals surface area contributed by atoms with Gasteiger partial charge in [-0.2, -0.15) is 0 Å². The molecule has 0 aliphatic heterocycles. The minimum absolute atomic E-state index is 0.0448. The second kappa shape index (κ2) is 4.28. The number of hydrogen-bond acceptors (Lipinski definition) is 1. The van der Waals surface area contributed by atoms with Gasteiger partial charge in [-0.1, -0.05) is 26.8 Å². The highest BCUT2D eigenvalue weighted by Crippen LogP contribution is 2.33. The normalized spacial score (nSPS) is 21.1. The summed E-state index contributed by atoms with van der Waals surface area (Å²) in [6.45, 7) is 6.44. The molecule has 0 aromatic rings. The van der Waals surface area contributed by atoms with Gasteiger partial charge in [0.1, 0.15) is 0 Å². The first kappa shape index (κ1) is 10.8. The Morgan fingerprint density at radius 2 is 2.15 bits per heavy atom. The first-order chi connectivity index (χ1) is 6.08. The maximum Gasteiger partial charge on any atom is 0.0800 e. The minimum atomic E-state index is -0.224. The van der Waals surface area contributed by atoms with Gasteiger partial charge in [0, 0.05) is 0 Å². The number of rotatable bonds is 3. The van der Waals surface area contributed by atoms with E-state index in [0.29, 0.717) is 0 Å². The molecule has 76 valence electrons. The first-order valence-corrected chi connectivity index (χ1v) is 5.45. The van der Waals surface area contributed by atoms with E-state index in [1.807, 2.05) is 0 Å². The number of aliphatic hydroxyl groups is 1. The summed E-state index contributed by atoms with van der Waals surface area (Å²) >= 11 is 0. The van der Waals surface area contributed by atoms with Gasteiger partial charge in [-0.3, -0.25) is 0 Å². The van der Waals surface area contributed by atoms with Crippen molar-refractivity contribution in [2.24, 2.45) is 5.41 Å². The summed E-state index contributed by atoms with van der Waals surface area (Å²) in [5, 5.41) is 10.1. The van der Waals surface area contributed by atoms with E-state index in [-0.39, 0.29) is 11.5 Å². The number of aliphatic hydroxyl groups excluding tert-OH is 1. The van der Waals surface area contributed by atoms with Crippen molar-refractivity contribution in [2.45, 2.75) is 59.0 Å². The Labute approximate surface area is 81.9 Å². The maximum absolute atomic E-state index is 10.1. The van der Waals surface area contributed by atoms with Gasteiger partial charge >= 0.3 is 0 Å². The number of allylic oxidation sites excluding steroid dienone is 1. The van der Waals surface area contributed by atoms with Crippen LogP contribution < -0.4 is 0 Å². The van der Waals surface area contributed by atoms with Crippen molar-refractivity contribution in [3.63, 3.8) is 0 Å². The molecule has 0 saturated carbocycles. The smallest absolute Gasteiger partial charge is 0.0800 e. The lowest BCUT2D eigenvalue weighted by molar-refractivity contribution is 0.0734. The Balaban J connectivity index is 2.65. The standard InChI is InChI=1S/C12H22O/c1-4-12(2,3)11(13)10-8-6-5-7-9-10/h8,11,13H,4-7,9H2,1-3H3. The fourth-order valence-corrected chi connectivity index (χ4v) is 1.81. The van der Waals surface area contributed by atoms with Gasteiger partial charge in [0.2, 0.25) is 0 Å². The summed E-state index contributed by atoms with van der Waals surface area (Å²) in [5.74, 6) is 0. The van der Waals surface area contributed by atoms with Crippen molar-refractivity contribution in [3.05, 3.63) is 11.6 Å². The van der Waals surface area contributed by atoms with E-state index in [1.165, 1.54) is 18.4 Å². The van der Waals surface area contributed by atoms with Crippen LogP contribution in [0.25, 0.3) is 0 Å². The van der Waals surface area contributed by atoms with E-state index >= 15 is 0 Å². The summed E-state index contributed by atoms with van der Waals surface area (Å²) in [6.07, 6.45) is 7.86. The summed E-state index contributed by atoms with van der Waals surface area (Å²) in [5.41, 5.74) is 1.32. The third-order valence-electron chi connectivity index (χ3n) is 3.33. The summed E-state index contributed by atoms with van der Waals surface area (Å²) in [6, 6.07) is 0. The largest absolute Gasteiger partial charge is 0.388 e. The van der Waals surface area contributed by atoms with E-state index in [2.05, 4.69) is 26.8 Å². The molecule has 1 unspecified atom stereocenters. The molecule has 1 nitrogen and oxygen atoms in total. The molecular weight excluding hydrogens is 160 g/mol.